The minimum absolute atomic E-state index is 0.00208. The van der Waals surface area contributed by atoms with Crippen LogP contribution in [0.15, 0.2) is 41.9 Å². The lowest BCUT2D eigenvalue weighted by molar-refractivity contribution is 0.0506. The number of hydrogen-bond donors (Lipinski definition) is 1. The fraction of sp³-hybridized carbons (Fsp3) is 0.526. The van der Waals surface area contributed by atoms with E-state index in [1.807, 2.05) is 35.7 Å². The molecular weight excluding hydrogens is 351 g/mol. The van der Waals surface area contributed by atoms with Gasteiger partial charge in [-0.3, -0.25) is 9.65 Å². The van der Waals surface area contributed by atoms with Crippen LogP contribution in [-0.4, -0.2) is 11.1 Å². The minimum atomic E-state index is -3.23. The molecule has 1 heterocycles. The van der Waals surface area contributed by atoms with Crippen molar-refractivity contribution < 1.29 is 9.09 Å². The SMILES string of the molecule is CC(C)[C@@H]1CC[C@@H](C)C[C@H]1O[P@](=O)(Nc1nccs1)c1ccccc1. The van der Waals surface area contributed by atoms with Crippen molar-refractivity contribution >= 4 is 29.3 Å². The smallest absolute Gasteiger partial charge is 0.306 e. The van der Waals surface area contributed by atoms with Crippen molar-refractivity contribution in [2.75, 3.05) is 5.09 Å². The lowest BCUT2D eigenvalue weighted by atomic mass is 9.75. The molecule has 136 valence electrons. The van der Waals surface area contributed by atoms with E-state index < -0.39 is 7.52 Å². The van der Waals surface area contributed by atoms with Crippen LogP contribution < -0.4 is 10.4 Å². The van der Waals surface area contributed by atoms with Gasteiger partial charge in [0.1, 0.15) is 0 Å². The molecule has 1 aromatic carbocycles. The van der Waals surface area contributed by atoms with Crippen LogP contribution in [0.2, 0.25) is 0 Å². The Morgan fingerprint density at radius 1 is 1.28 bits per heavy atom. The van der Waals surface area contributed by atoms with Crippen LogP contribution >= 0.6 is 18.9 Å². The Bertz CT molecular complexity index is 705. The summed E-state index contributed by atoms with van der Waals surface area (Å²) >= 11 is 1.44. The summed E-state index contributed by atoms with van der Waals surface area (Å²) in [5.74, 6) is 1.55. The minimum Gasteiger partial charge on any atom is -0.306 e. The number of benzene rings is 1. The van der Waals surface area contributed by atoms with E-state index in [1.165, 1.54) is 17.8 Å². The van der Waals surface area contributed by atoms with E-state index >= 15 is 0 Å². The average molecular weight is 378 g/mol. The van der Waals surface area contributed by atoms with Gasteiger partial charge in [0.25, 0.3) is 0 Å². The highest BCUT2D eigenvalue weighted by Gasteiger charge is 2.38. The van der Waals surface area contributed by atoms with Crippen LogP contribution in [0.3, 0.4) is 0 Å². The van der Waals surface area contributed by atoms with Gasteiger partial charge in [-0.25, -0.2) is 4.98 Å². The number of hydrogen-bond acceptors (Lipinski definition) is 4. The Kier molecular flexibility index (Phi) is 5.98. The first-order chi connectivity index (χ1) is 12.0. The summed E-state index contributed by atoms with van der Waals surface area (Å²) in [6, 6.07) is 9.48. The van der Waals surface area contributed by atoms with Gasteiger partial charge in [0.2, 0.25) is 0 Å². The summed E-state index contributed by atoms with van der Waals surface area (Å²) in [7, 11) is -3.23. The molecule has 4 nitrogen and oxygen atoms in total. The molecule has 0 spiro atoms. The Morgan fingerprint density at radius 3 is 2.68 bits per heavy atom. The summed E-state index contributed by atoms with van der Waals surface area (Å²) in [6.07, 6.45) is 5.02. The number of thiazole rings is 1. The quantitative estimate of drug-likeness (QED) is 0.670. The lowest BCUT2D eigenvalue weighted by Crippen LogP contribution is -2.35. The number of rotatable bonds is 6. The van der Waals surface area contributed by atoms with Crippen LogP contribution in [0.25, 0.3) is 0 Å². The third-order valence-electron chi connectivity index (χ3n) is 5.02. The third kappa shape index (κ3) is 4.52. The normalized spacial score (nSPS) is 26.3. The van der Waals surface area contributed by atoms with E-state index in [0.29, 0.717) is 28.2 Å². The molecule has 1 aliphatic rings. The van der Waals surface area contributed by atoms with Crippen molar-refractivity contribution in [1.29, 1.82) is 0 Å². The lowest BCUT2D eigenvalue weighted by Gasteiger charge is -2.38. The van der Waals surface area contributed by atoms with E-state index in [9.17, 15) is 4.57 Å². The largest absolute Gasteiger partial charge is 0.326 e. The monoisotopic (exact) mass is 378 g/mol. The van der Waals surface area contributed by atoms with E-state index in [-0.39, 0.29) is 6.10 Å². The fourth-order valence-electron chi connectivity index (χ4n) is 3.61. The van der Waals surface area contributed by atoms with Crippen molar-refractivity contribution in [3.05, 3.63) is 41.9 Å². The van der Waals surface area contributed by atoms with Crippen LogP contribution in [0.5, 0.6) is 0 Å². The van der Waals surface area contributed by atoms with E-state index in [0.717, 1.165) is 12.8 Å². The Balaban J connectivity index is 1.90. The zero-order chi connectivity index (χ0) is 17.9. The molecular formula is C19H27N2O2PS. The van der Waals surface area contributed by atoms with Gasteiger partial charge in [-0.2, -0.15) is 0 Å². The second kappa shape index (κ2) is 8.03. The molecule has 1 N–H and O–H groups in total. The average Bonchev–Trinajstić information content (AvgIpc) is 3.08. The highest BCUT2D eigenvalue weighted by Crippen LogP contribution is 2.51. The summed E-state index contributed by atoms with van der Waals surface area (Å²) in [5.41, 5.74) is 0. The molecule has 2 aromatic rings. The Labute approximate surface area is 154 Å². The van der Waals surface area contributed by atoms with Crippen molar-refractivity contribution in [2.45, 2.75) is 46.1 Å². The molecule has 1 aromatic heterocycles. The van der Waals surface area contributed by atoms with E-state index in [1.54, 1.807) is 6.20 Å². The predicted octanol–water partition coefficient (Wildman–Crippen LogP) is 5.55. The zero-order valence-electron chi connectivity index (χ0n) is 15.1. The highest BCUT2D eigenvalue weighted by atomic mass is 32.1. The van der Waals surface area contributed by atoms with Crippen LogP contribution in [0.1, 0.15) is 40.0 Å². The number of anilines is 1. The third-order valence-corrected chi connectivity index (χ3v) is 7.91. The molecule has 6 heteroatoms. The molecule has 3 rings (SSSR count). The van der Waals surface area contributed by atoms with Gasteiger partial charge in [0.15, 0.2) is 5.13 Å². The molecule has 1 fully saturated rings. The molecule has 0 radical (unpaired) electrons. The van der Waals surface area contributed by atoms with Crippen LogP contribution in [0.4, 0.5) is 5.13 Å². The maximum atomic E-state index is 13.9. The number of aromatic nitrogens is 1. The summed E-state index contributed by atoms with van der Waals surface area (Å²) in [4.78, 5) is 4.24. The summed E-state index contributed by atoms with van der Waals surface area (Å²) < 4.78 is 20.3. The maximum absolute atomic E-state index is 13.9. The molecule has 0 bridgehead atoms. The summed E-state index contributed by atoms with van der Waals surface area (Å²) in [5, 5.41) is 6.32. The first-order valence-electron chi connectivity index (χ1n) is 9.00. The Hall–Kier alpha value is -1.16. The van der Waals surface area contributed by atoms with Crippen molar-refractivity contribution in [1.82, 2.24) is 4.98 Å². The molecule has 0 amide bonds. The highest BCUT2D eigenvalue weighted by molar-refractivity contribution is 7.68. The van der Waals surface area contributed by atoms with Gasteiger partial charge in [0.05, 0.1) is 11.4 Å². The molecule has 1 saturated carbocycles. The zero-order valence-corrected chi connectivity index (χ0v) is 16.8. The van der Waals surface area contributed by atoms with Crippen molar-refractivity contribution in [2.24, 2.45) is 17.8 Å². The van der Waals surface area contributed by atoms with Gasteiger partial charge in [-0.05, 0) is 42.7 Å². The van der Waals surface area contributed by atoms with E-state index in [4.69, 9.17) is 4.52 Å². The predicted molar refractivity (Wildman–Crippen MR) is 106 cm³/mol. The van der Waals surface area contributed by atoms with Crippen LogP contribution in [-0.2, 0) is 9.09 Å². The van der Waals surface area contributed by atoms with Crippen LogP contribution in [0, 0.1) is 17.8 Å². The number of nitrogens with one attached hydrogen (secondary N) is 1. The first kappa shape index (κ1) is 18.6. The van der Waals surface area contributed by atoms with E-state index in [2.05, 4.69) is 30.8 Å². The molecule has 0 aliphatic heterocycles. The molecule has 4 atom stereocenters. The van der Waals surface area contributed by atoms with Gasteiger partial charge >= 0.3 is 7.52 Å². The van der Waals surface area contributed by atoms with Crippen molar-refractivity contribution in [3.63, 3.8) is 0 Å². The topological polar surface area (TPSA) is 51.2 Å². The standard InChI is InChI=1S/C19H27N2O2PS/c1-14(2)17-10-9-15(3)13-18(17)23-24(22,16-7-5-4-6-8-16)21-19-20-11-12-25-19/h4-8,11-12,14-15,17-18H,9-10,13H2,1-3H3,(H,20,21,22)/t15-,17+,18-,24+/m1/s1. The second-order valence-electron chi connectivity index (χ2n) is 7.31. The molecule has 0 saturated heterocycles. The molecule has 0 unspecified atom stereocenters. The van der Waals surface area contributed by atoms with Gasteiger partial charge < -0.3 is 4.52 Å². The second-order valence-corrected chi connectivity index (χ2v) is 10.3. The van der Waals surface area contributed by atoms with Gasteiger partial charge in [-0.15, -0.1) is 11.3 Å². The molecule has 1 aliphatic carbocycles. The van der Waals surface area contributed by atoms with Crippen molar-refractivity contribution in [3.8, 4) is 0 Å². The van der Waals surface area contributed by atoms with Gasteiger partial charge in [0, 0.05) is 11.6 Å². The first-order valence-corrected chi connectivity index (χ1v) is 11.5. The summed E-state index contributed by atoms with van der Waals surface area (Å²) in [6.45, 7) is 6.73. The molecule has 25 heavy (non-hydrogen) atoms. The Morgan fingerprint density at radius 2 is 2.04 bits per heavy atom. The maximum Gasteiger partial charge on any atom is 0.326 e. The number of nitrogens with zero attached hydrogens (tertiary/aromatic N) is 1. The van der Waals surface area contributed by atoms with Gasteiger partial charge in [-0.1, -0.05) is 45.4 Å². The fourth-order valence-corrected chi connectivity index (χ4v) is 6.35.